The van der Waals surface area contributed by atoms with E-state index < -0.39 is 0 Å². The van der Waals surface area contributed by atoms with Crippen LogP contribution in [0.1, 0.15) is 12.8 Å². The van der Waals surface area contributed by atoms with Crippen LogP contribution in [-0.4, -0.2) is 54.9 Å². The molecule has 1 heterocycles. The number of nitrogens with zero attached hydrogens (tertiary/aromatic N) is 3. The molecule has 1 saturated heterocycles. The molecule has 1 fully saturated rings. The maximum absolute atomic E-state index is 7.65. The fourth-order valence-electron chi connectivity index (χ4n) is 1.79. The zero-order valence-corrected chi connectivity index (χ0v) is 9.40. The van der Waals surface area contributed by atoms with Gasteiger partial charge in [-0.2, -0.15) is 4.99 Å². The van der Waals surface area contributed by atoms with E-state index in [9.17, 15) is 0 Å². The van der Waals surface area contributed by atoms with Crippen molar-refractivity contribution in [2.75, 3.05) is 27.2 Å². The van der Waals surface area contributed by atoms with Crippen LogP contribution in [0.15, 0.2) is 4.99 Å². The Morgan fingerprint density at radius 3 is 2.27 bits per heavy atom. The van der Waals surface area contributed by atoms with Crippen LogP contribution in [0.2, 0.25) is 0 Å². The highest BCUT2D eigenvalue weighted by molar-refractivity contribution is 5.91. The third-order valence-electron chi connectivity index (χ3n) is 2.73. The molecule has 0 aromatic rings. The Balaban J connectivity index is 2.44. The van der Waals surface area contributed by atoms with Crippen molar-refractivity contribution in [3.8, 4) is 0 Å². The van der Waals surface area contributed by atoms with Crippen molar-refractivity contribution in [3.05, 3.63) is 0 Å². The van der Waals surface area contributed by atoms with Crippen LogP contribution >= 0.6 is 0 Å². The lowest BCUT2D eigenvalue weighted by Crippen LogP contribution is -2.44. The maximum atomic E-state index is 7.65. The summed E-state index contributed by atoms with van der Waals surface area (Å²) in [5, 5.41) is 7.65. The van der Waals surface area contributed by atoms with Gasteiger partial charge in [-0.3, -0.25) is 5.41 Å². The number of guanidine groups is 2. The number of nitrogens with two attached hydrogens (primary N) is 2. The van der Waals surface area contributed by atoms with Gasteiger partial charge in [-0.15, -0.1) is 0 Å². The number of aliphatic imine (C=N–C) groups is 1. The first-order valence-corrected chi connectivity index (χ1v) is 5.10. The van der Waals surface area contributed by atoms with Gasteiger partial charge in [-0.25, -0.2) is 0 Å². The van der Waals surface area contributed by atoms with Gasteiger partial charge in [0.1, 0.15) is 0 Å². The molecule has 0 unspecified atom stereocenters. The van der Waals surface area contributed by atoms with Gasteiger partial charge in [0.25, 0.3) is 0 Å². The molecule has 0 aliphatic carbocycles. The van der Waals surface area contributed by atoms with E-state index in [4.69, 9.17) is 16.9 Å². The third kappa shape index (κ3) is 3.39. The first-order chi connectivity index (χ1) is 7.00. The van der Waals surface area contributed by atoms with Crippen molar-refractivity contribution >= 4 is 11.9 Å². The largest absolute Gasteiger partial charge is 0.370 e. The molecule has 1 aliphatic rings. The highest BCUT2D eigenvalue weighted by Gasteiger charge is 2.21. The van der Waals surface area contributed by atoms with E-state index in [1.165, 1.54) is 0 Å². The van der Waals surface area contributed by atoms with E-state index in [1.54, 1.807) is 0 Å². The zero-order valence-electron chi connectivity index (χ0n) is 9.40. The highest BCUT2D eigenvalue weighted by Crippen LogP contribution is 2.14. The average molecular weight is 212 g/mol. The predicted molar refractivity (Wildman–Crippen MR) is 61.8 cm³/mol. The summed E-state index contributed by atoms with van der Waals surface area (Å²) in [6, 6.07) is 0.605. The van der Waals surface area contributed by atoms with Crippen LogP contribution in [0.4, 0.5) is 0 Å². The molecule has 0 spiro atoms. The molecule has 5 N–H and O–H groups in total. The van der Waals surface area contributed by atoms with Crippen molar-refractivity contribution in [2.45, 2.75) is 18.9 Å². The summed E-state index contributed by atoms with van der Waals surface area (Å²) in [5.41, 5.74) is 10.5. The Hall–Kier alpha value is -1.30. The van der Waals surface area contributed by atoms with Crippen molar-refractivity contribution in [1.82, 2.24) is 9.80 Å². The van der Waals surface area contributed by atoms with Gasteiger partial charge in [0.05, 0.1) is 0 Å². The molecule has 1 rings (SSSR count). The second kappa shape index (κ2) is 4.97. The first kappa shape index (κ1) is 11.8. The lowest BCUT2D eigenvalue weighted by molar-refractivity contribution is 0.190. The normalized spacial score (nSPS) is 17.9. The number of hydrogen-bond acceptors (Lipinski definition) is 2. The van der Waals surface area contributed by atoms with E-state index in [1.807, 2.05) is 4.90 Å². The molecule has 0 amide bonds. The monoisotopic (exact) mass is 212 g/mol. The number of likely N-dealkylation sites (tertiary alicyclic amines) is 1. The Morgan fingerprint density at radius 1 is 1.33 bits per heavy atom. The van der Waals surface area contributed by atoms with E-state index in [-0.39, 0.29) is 11.9 Å². The zero-order chi connectivity index (χ0) is 11.4. The molecule has 6 heteroatoms. The minimum atomic E-state index is -0.0465. The maximum Gasteiger partial charge on any atom is 0.221 e. The van der Waals surface area contributed by atoms with Crippen LogP contribution < -0.4 is 11.5 Å². The van der Waals surface area contributed by atoms with Gasteiger partial charge >= 0.3 is 0 Å². The summed E-state index contributed by atoms with van der Waals surface area (Å²) in [6.07, 6.45) is 2.10. The quantitative estimate of drug-likeness (QED) is 0.392. The molecule has 0 saturated carbocycles. The summed E-state index contributed by atoms with van der Waals surface area (Å²) in [7, 11) is 4.17. The van der Waals surface area contributed by atoms with E-state index in [0.29, 0.717) is 6.04 Å². The second-order valence-electron chi connectivity index (χ2n) is 4.04. The molecular weight excluding hydrogens is 192 g/mol. The van der Waals surface area contributed by atoms with Crippen molar-refractivity contribution in [2.24, 2.45) is 16.5 Å². The van der Waals surface area contributed by atoms with Gasteiger partial charge in [0.2, 0.25) is 5.96 Å². The lowest BCUT2D eigenvalue weighted by Gasteiger charge is -2.35. The number of hydrogen-bond donors (Lipinski definition) is 3. The molecule has 0 aromatic carbocycles. The first-order valence-electron chi connectivity index (χ1n) is 5.10. The van der Waals surface area contributed by atoms with Crippen LogP contribution in [0.25, 0.3) is 0 Å². The molecule has 0 bridgehead atoms. The number of nitrogens with one attached hydrogen (secondary N) is 1. The summed E-state index contributed by atoms with van der Waals surface area (Å²) < 4.78 is 0. The molecule has 15 heavy (non-hydrogen) atoms. The number of rotatable bonds is 1. The molecule has 0 radical (unpaired) electrons. The topological polar surface area (TPSA) is 94.7 Å². The molecule has 6 nitrogen and oxygen atoms in total. The van der Waals surface area contributed by atoms with E-state index >= 15 is 0 Å². The standard InChI is InChI=1S/C9H20N6/c1-14(2)7-3-5-15(6-4-7)9(12)13-8(10)11/h7H,3-6H2,1-2H3,(H5,10,11,12,13). The molecule has 86 valence electrons. The Kier molecular flexibility index (Phi) is 3.90. The summed E-state index contributed by atoms with van der Waals surface area (Å²) in [4.78, 5) is 7.87. The van der Waals surface area contributed by atoms with Crippen LogP contribution in [-0.2, 0) is 0 Å². The molecule has 1 aliphatic heterocycles. The van der Waals surface area contributed by atoms with E-state index in [2.05, 4.69) is 24.0 Å². The smallest absolute Gasteiger partial charge is 0.221 e. The van der Waals surface area contributed by atoms with Crippen LogP contribution in [0, 0.1) is 5.41 Å². The van der Waals surface area contributed by atoms with Gasteiger partial charge in [0.15, 0.2) is 5.96 Å². The number of piperidine rings is 1. The van der Waals surface area contributed by atoms with Crippen molar-refractivity contribution in [3.63, 3.8) is 0 Å². The SMILES string of the molecule is CN(C)C1CCN(C(=N)N=C(N)N)CC1. The van der Waals surface area contributed by atoms with Gasteiger partial charge in [-0.05, 0) is 26.9 Å². The lowest BCUT2D eigenvalue weighted by atomic mass is 10.0. The van der Waals surface area contributed by atoms with Gasteiger partial charge < -0.3 is 21.3 Å². The minimum Gasteiger partial charge on any atom is -0.370 e. The van der Waals surface area contributed by atoms with Crippen LogP contribution in [0.5, 0.6) is 0 Å². The van der Waals surface area contributed by atoms with E-state index in [0.717, 1.165) is 25.9 Å². The van der Waals surface area contributed by atoms with Gasteiger partial charge in [-0.1, -0.05) is 0 Å². The Labute approximate surface area is 90.4 Å². The highest BCUT2D eigenvalue weighted by atomic mass is 15.3. The molecule has 0 aromatic heterocycles. The summed E-state index contributed by atoms with van der Waals surface area (Å²) in [5.74, 6) is 0.127. The Bertz CT molecular complexity index is 247. The fourth-order valence-corrected chi connectivity index (χ4v) is 1.79. The fraction of sp³-hybridized carbons (Fsp3) is 0.778. The molecule has 0 atom stereocenters. The van der Waals surface area contributed by atoms with Crippen molar-refractivity contribution < 1.29 is 0 Å². The minimum absolute atomic E-state index is 0.0465. The summed E-state index contributed by atoms with van der Waals surface area (Å²) >= 11 is 0. The second-order valence-corrected chi connectivity index (χ2v) is 4.04. The average Bonchev–Trinajstić information content (AvgIpc) is 2.17. The predicted octanol–water partition coefficient (Wildman–Crippen LogP) is -0.779. The summed E-state index contributed by atoms with van der Waals surface area (Å²) in [6.45, 7) is 1.69. The molecular formula is C9H20N6. The Morgan fingerprint density at radius 2 is 1.87 bits per heavy atom. The van der Waals surface area contributed by atoms with Crippen molar-refractivity contribution in [1.29, 1.82) is 5.41 Å². The third-order valence-corrected chi connectivity index (χ3v) is 2.73. The van der Waals surface area contributed by atoms with Gasteiger partial charge in [0, 0.05) is 19.1 Å². The van der Waals surface area contributed by atoms with Crippen LogP contribution in [0.3, 0.4) is 0 Å².